The summed E-state index contributed by atoms with van der Waals surface area (Å²) in [5.41, 5.74) is 1.41. The Morgan fingerprint density at radius 1 is 1.20 bits per heavy atom. The number of hydrogen-bond donors (Lipinski definition) is 1. The molecule has 0 aliphatic heterocycles. The third kappa shape index (κ3) is 4.96. The molecule has 0 aliphatic rings. The summed E-state index contributed by atoms with van der Waals surface area (Å²) >= 11 is 0. The van der Waals surface area contributed by atoms with Gasteiger partial charge in [0.05, 0.1) is 0 Å². The lowest BCUT2D eigenvalue weighted by Gasteiger charge is -2.20. The zero-order valence-electron chi connectivity index (χ0n) is 9.87. The van der Waals surface area contributed by atoms with Crippen molar-refractivity contribution in [2.45, 2.75) is 19.9 Å². The molecule has 0 unspecified atom stereocenters. The molecular formula is C13H22N2. The molecule has 2 heteroatoms. The number of benzene rings is 1. The van der Waals surface area contributed by atoms with Crippen LogP contribution in [0.4, 0.5) is 0 Å². The summed E-state index contributed by atoms with van der Waals surface area (Å²) in [4.78, 5) is 2.48. The highest BCUT2D eigenvalue weighted by atomic mass is 15.1. The van der Waals surface area contributed by atoms with E-state index in [-0.39, 0.29) is 0 Å². The van der Waals surface area contributed by atoms with Gasteiger partial charge in [0.15, 0.2) is 0 Å². The van der Waals surface area contributed by atoms with Gasteiger partial charge in [-0.25, -0.2) is 0 Å². The van der Waals surface area contributed by atoms with Gasteiger partial charge in [0.1, 0.15) is 0 Å². The Balaban J connectivity index is 2.33. The van der Waals surface area contributed by atoms with E-state index in [2.05, 4.69) is 47.5 Å². The molecule has 0 radical (unpaired) electrons. The van der Waals surface area contributed by atoms with Gasteiger partial charge >= 0.3 is 0 Å². The van der Waals surface area contributed by atoms with E-state index in [9.17, 15) is 0 Å². The van der Waals surface area contributed by atoms with E-state index in [1.807, 2.05) is 7.05 Å². The SMILES string of the molecule is CCN(CCCNC)Cc1ccccc1. The Labute approximate surface area is 93.3 Å². The van der Waals surface area contributed by atoms with Crippen molar-refractivity contribution in [3.63, 3.8) is 0 Å². The maximum Gasteiger partial charge on any atom is 0.0233 e. The van der Waals surface area contributed by atoms with Crippen LogP contribution in [0.5, 0.6) is 0 Å². The highest BCUT2D eigenvalue weighted by Crippen LogP contribution is 2.04. The van der Waals surface area contributed by atoms with E-state index in [4.69, 9.17) is 0 Å². The molecule has 15 heavy (non-hydrogen) atoms. The molecule has 84 valence electrons. The standard InChI is InChI=1S/C13H22N2/c1-3-15(11-7-10-14-2)12-13-8-5-4-6-9-13/h4-6,8-9,14H,3,7,10-12H2,1-2H3. The lowest BCUT2D eigenvalue weighted by Crippen LogP contribution is -2.26. The van der Waals surface area contributed by atoms with Crippen molar-refractivity contribution in [1.82, 2.24) is 10.2 Å². The van der Waals surface area contributed by atoms with E-state index in [0.717, 1.165) is 19.6 Å². The second kappa shape index (κ2) is 7.43. The second-order valence-electron chi connectivity index (χ2n) is 3.81. The van der Waals surface area contributed by atoms with Crippen LogP contribution < -0.4 is 5.32 Å². The first kappa shape index (κ1) is 12.2. The van der Waals surface area contributed by atoms with Gasteiger partial charge in [0.25, 0.3) is 0 Å². The summed E-state index contributed by atoms with van der Waals surface area (Å²) in [6, 6.07) is 10.7. The fraction of sp³-hybridized carbons (Fsp3) is 0.538. The maximum atomic E-state index is 3.18. The Morgan fingerprint density at radius 2 is 1.93 bits per heavy atom. The molecule has 0 aliphatic carbocycles. The third-order valence-corrected chi connectivity index (χ3v) is 2.60. The van der Waals surface area contributed by atoms with Crippen LogP contribution in [0.3, 0.4) is 0 Å². The van der Waals surface area contributed by atoms with Gasteiger partial charge in [-0.05, 0) is 38.7 Å². The van der Waals surface area contributed by atoms with Crippen LogP contribution in [0.2, 0.25) is 0 Å². The summed E-state index contributed by atoms with van der Waals surface area (Å²) in [6.45, 7) is 6.69. The topological polar surface area (TPSA) is 15.3 Å². The average molecular weight is 206 g/mol. The number of rotatable bonds is 7. The van der Waals surface area contributed by atoms with Gasteiger partial charge in [0.2, 0.25) is 0 Å². The van der Waals surface area contributed by atoms with E-state index < -0.39 is 0 Å². The minimum atomic E-state index is 1.07. The molecule has 0 heterocycles. The zero-order chi connectivity index (χ0) is 10.9. The van der Waals surface area contributed by atoms with Gasteiger partial charge in [-0.15, -0.1) is 0 Å². The van der Waals surface area contributed by atoms with Gasteiger partial charge in [0, 0.05) is 6.54 Å². The number of hydrogen-bond acceptors (Lipinski definition) is 2. The summed E-state index contributed by atoms with van der Waals surface area (Å²) in [7, 11) is 2.01. The first-order valence-corrected chi connectivity index (χ1v) is 5.77. The molecule has 0 spiro atoms. The average Bonchev–Trinajstić information content (AvgIpc) is 2.29. The van der Waals surface area contributed by atoms with Crippen molar-refractivity contribution in [2.24, 2.45) is 0 Å². The Hall–Kier alpha value is -0.860. The van der Waals surface area contributed by atoms with Crippen LogP contribution in [0.1, 0.15) is 18.9 Å². The minimum Gasteiger partial charge on any atom is -0.320 e. The molecule has 1 aromatic carbocycles. The van der Waals surface area contributed by atoms with Crippen LogP contribution in [0, 0.1) is 0 Å². The van der Waals surface area contributed by atoms with Gasteiger partial charge < -0.3 is 5.32 Å². The first-order valence-electron chi connectivity index (χ1n) is 5.77. The van der Waals surface area contributed by atoms with Crippen molar-refractivity contribution in [3.8, 4) is 0 Å². The molecule has 1 N–H and O–H groups in total. The fourth-order valence-corrected chi connectivity index (χ4v) is 1.67. The highest BCUT2D eigenvalue weighted by Gasteiger charge is 2.02. The lowest BCUT2D eigenvalue weighted by atomic mass is 10.2. The summed E-state index contributed by atoms with van der Waals surface area (Å²) in [5, 5.41) is 3.18. The van der Waals surface area contributed by atoms with Gasteiger partial charge in [-0.2, -0.15) is 0 Å². The van der Waals surface area contributed by atoms with Crippen molar-refractivity contribution in [3.05, 3.63) is 35.9 Å². The molecule has 0 saturated heterocycles. The molecule has 1 rings (SSSR count). The molecule has 0 amide bonds. The summed E-state index contributed by atoms with van der Waals surface area (Å²) in [6.07, 6.45) is 1.22. The van der Waals surface area contributed by atoms with Gasteiger partial charge in [-0.3, -0.25) is 4.90 Å². The van der Waals surface area contributed by atoms with Crippen LogP contribution in [-0.4, -0.2) is 31.6 Å². The van der Waals surface area contributed by atoms with Crippen molar-refractivity contribution >= 4 is 0 Å². The van der Waals surface area contributed by atoms with E-state index in [0.29, 0.717) is 0 Å². The maximum absolute atomic E-state index is 3.18. The van der Waals surface area contributed by atoms with E-state index >= 15 is 0 Å². The largest absolute Gasteiger partial charge is 0.320 e. The van der Waals surface area contributed by atoms with Gasteiger partial charge in [-0.1, -0.05) is 37.3 Å². The van der Waals surface area contributed by atoms with E-state index in [1.165, 1.54) is 18.5 Å². The first-order chi connectivity index (χ1) is 7.36. The van der Waals surface area contributed by atoms with Crippen LogP contribution in [0.15, 0.2) is 30.3 Å². The Kier molecular flexibility index (Phi) is 6.05. The lowest BCUT2D eigenvalue weighted by molar-refractivity contribution is 0.276. The highest BCUT2D eigenvalue weighted by molar-refractivity contribution is 5.14. The molecule has 0 aromatic heterocycles. The van der Waals surface area contributed by atoms with Crippen molar-refractivity contribution < 1.29 is 0 Å². The van der Waals surface area contributed by atoms with Crippen molar-refractivity contribution in [1.29, 1.82) is 0 Å². The summed E-state index contributed by atoms with van der Waals surface area (Å²) < 4.78 is 0. The smallest absolute Gasteiger partial charge is 0.0233 e. The van der Waals surface area contributed by atoms with E-state index in [1.54, 1.807) is 0 Å². The monoisotopic (exact) mass is 206 g/mol. The molecule has 0 saturated carbocycles. The Bertz CT molecular complexity index is 246. The molecule has 0 atom stereocenters. The van der Waals surface area contributed by atoms with Crippen LogP contribution >= 0.6 is 0 Å². The minimum absolute atomic E-state index is 1.07. The summed E-state index contributed by atoms with van der Waals surface area (Å²) in [5.74, 6) is 0. The molecule has 2 nitrogen and oxygen atoms in total. The molecular weight excluding hydrogens is 184 g/mol. The fourth-order valence-electron chi connectivity index (χ4n) is 1.67. The number of nitrogens with zero attached hydrogens (tertiary/aromatic N) is 1. The Morgan fingerprint density at radius 3 is 2.53 bits per heavy atom. The van der Waals surface area contributed by atoms with Crippen molar-refractivity contribution in [2.75, 3.05) is 26.7 Å². The number of nitrogens with one attached hydrogen (secondary N) is 1. The predicted octanol–water partition coefficient (Wildman–Crippen LogP) is 2.12. The third-order valence-electron chi connectivity index (χ3n) is 2.60. The van der Waals surface area contributed by atoms with Crippen LogP contribution in [-0.2, 0) is 6.54 Å². The molecule has 0 fully saturated rings. The zero-order valence-corrected chi connectivity index (χ0v) is 9.87. The predicted molar refractivity (Wildman–Crippen MR) is 65.9 cm³/mol. The molecule has 1 aromatic rings. The second-order valence-corrected chi connectivity index (χ2v) is 3.81. The quantitative estimate of drug-likeness (QED) is 0.687. The normalized spacial score (nSPS) is 10.9. The van der Waals surface area contributed by atoms with Crippen LogP contribution in [0.25, 0.3) is 0 Å². The molecule has 0 bridgehead atoms.